The number of methoxy groups -OCH3 is 1. The highest BCUT2D eigenvalue weighted by atomic mass is 35.5. The molecule has 3 rings (SSSR count). The second-order valence-corrected chi connectivity index (χ2v) is 6.05. The van der Waals surface area contributed by atoms with E-state index in [0.717, 1.165) is 26.2 Å². The number of rotatable bonds is 4. The normalized spacial score (nSPS) is 16.1. The van der Waals surface area contributed by atoms with Gasteiger partial charge in [0.2, 0.25) is 0 Å². The second-order valence-electron chi connectivity index (χ2n) is 5.07. The van der Waals surface area contributed by atoms with Crippen LogP contribution in [0.3, 0.4) is 0 Å². The van der Waals surface area contributed by atoms with Crippen LogP contribution >= 0.6 is 36.2 Å². The summed E-state index contributed by atoms with van der Waals surface area (Å²) in [7, 11) is 1.51. The van der Waals surface area contributed by atoms with Crippen molar-refractivity contribution in [1.82, 2.24) is 10.2 Å². The van der Waals surface area contributed by atoms with E-state index in [9.17, 15) is 4.39 Å². The van der Waals surface area contributed by atoms with E-state index < -0.39 is 0 Å². The zero-order valence-electron chi connectivity index (χ0n) is 12.8. The third kappa shape index (κ3) is 4.37. The Morgan fingerprint density at radius 3 is 2.52 bits per heavy atom. The van der Waals surface area contributed by atoms with E-state index in [0.29, 0.717) is 11.3 Å². The SMILES string of the molecule is COc1cccc([C@@H](c2cccs2)N2CCNCC2)c1F.Cl.Cl. The molecule has 0 radical (unpaired) electrons. The van der Waals surface area contributed by atoms with Crippen molar-refractivity contribution in [2.24, 2.45) is 0 Å². The van der Waals surface area contributed by atoms with E-state index in [1.165, 1.54) is 12.0 Å². The van der Waals surface area contributed by atoms with E-state index in [2.05, 4.69) is 16.3 Å². The minimum absolute atomic E-state index is 0. The van der Waals surface area contributed by atoms with Gasteiger partial charge in [-0.1, -0.05) is 18.2 Å². The van der Waals surface area contributed by atoms with Crippen molar-refractivity contribution in [1.29, 1.82) is 0 Å². The molecule has 0 bridgehead atoms. The number of nitrogens with zero attached hydrogens (tertiary/aromatic N) is 1. The van der Waals surface area contributed by atoms with Gasteiger partial charge in [-0.25, -0.2) is 4.39 Å². The fourth-order valence-corrected chi connectivity index (χ4v) is 3.69. The van der Waals surface area contributed by atoms with Crippen molar-refractivity contribution in [2.75, 3.05) is 33.3 Å². The lowest BCUT2D eigenvalue weighted by molar-refractivity contribution is 0.197. The molecule has 0 unspecified atom stereocenters. The highest BCUT2D eigenvalue weighted by molar-refractivity contribution is 7.10. The van der Waals surface area contributed by atoms with Gasteiger partial charge in [-0.3, -0.25) is 4.90 Å². The molecule has 1 aromatic heterocycles. The molecule has 1 fully saturated rings. The van der Waals surface area contributed by atoms with Crippen LogP contribution < -0.4 is 10.1 Å². The maximum atomic E-state index is 14.7. The van der Waals surface area contributed by atoms with E-state index in [1.54, 1.807) is 17.4 Å². The van der Waals surface area contributed by atoms with Crippen LogP contribution in [0.15, 0.2) is 35.7 Å². The van der Waals surface area contributed by atoms with Crippen LogP contribution in [0.2, 0.25) is 0 Å². The Balaban J connectivity index is 0.00000132. The van der Waals surface area contributed by atoms with Crippen LogP contribution in [0.25, 0.3) is 0 Å². The van der Waals surface area contributed by atoms with Crippen LogP contribution in [0.1, 0.15) is 16.5 Å². The molecule has 2 heterocycles. The predicted molar refractivity (Wildman–Crippen MR) is 98.1 cm³/mol. The first-order chi connectivity index (χ1) is 10.3. The van der Waals surface area contributed by atoms with Crippen molar-refractivity contribution >= 4 is 36.2 Å². The van der Waals surface area contributed by atoms with Gasteiger partial charge in [-0.2, -0.15) is 0 Å². The standard InChI is InChI=1S/C16H19FN2OS.2ClH/c1-20-13-5-2-4-12(15(13)17)16(14-6-3-11-21-14)19-9-7-18-8-10-19;;/h2-6,11,16,18H,7-10H2,1H3;2*1H/t16-;;/m0../s1. The van der Waals surface area contributed by atoms with Crippen LogP contribution in [0.5, 0.6) is 5.75 Å². The number of thiophene rings is 1. The summed E-state index contributed by atoms with van der Waals surface area (Å²) < 4.78 is 19.8. The lowest BCUT2D eigenvalue weighted by atomic mass is 10.0. The quantitative estimate of drug-likeness (QED) is 0.876. The van der Waals surface area contributed by atoms with Gasteiger partial charge in [0, 0.05) is 36.6 Å². The summed E-state index contributed by atoms with van der Waals surface area (Å²) in [5, 5.41) is 5.39. The fraction of sp³-hybridized carbons (Fsp3) is 0.375. The zero-order valence-corrected chi connectivity index (χ0v) is 15.3. The Bertz CT molecular complexity index is 592. The Hall–Kier alpha value is -0.850. The highest BCUT2D eigenvalue weighted by Crippen LogP contribution is 2.35. The summed E-state index contributed by atoms with van der Waals surface area (Å²) in [5.41, 5.74) is 0.693. The third-order valence-corrected chi connectivity index (χ3v) is 4.76. The lowest BCUT2D eigenvalue weighted by Gasteiger charge is -2.35. The molecule has 128 valence electrons. The molecule has 1 aliphatic rings. The molecule has 0 amide bonds. The molecule has 1 aliphatic heterocycles. The summed E-state index contributed by atoms with van der Waals surface area (Å²) >= 11 is 1.67. The molecule has 1 aromatic carbocycles. The molecule has 7 heteroatoms. The number of nitrogens with one attached hydrogen (secondary N) is 1. The molecule has 3 nitrogen and oxygen atoms in total. The van der Waals surface area contributed by atoms with Crippen LogP contribution in [0.4, 0.5) is 4.39 Å². The van der Waals surface area contributed by atoms with Crippen molar-refractivity contribution in [3.8, 4) is 5.75 Å². The smallest absolute Gasteiger partial charge is 0.170 e. The minimum Gasteiger partial charge on any atom is -0.494 e. The highest BCUT2D eigenvalue weighted by Gasteiger charge is 2.28. The van der Waals surface area contributed by atoms with Crippen LogP contribution in [-0.2, 0) is 0 Å². The largest absolute Gasteiger partial charge is 0.494 e. The summed E-state index contributed by atoms with van der Waals surface area (Å²) in [6, 6.07) is 9.46. The van der Waals surface area contributed by atoms with Crippen molar-refractivity contribution < 1.29 is 9.13 Å². The summed E-state index contributed by atoms with van der Waals surface area (Å²) in [5.74, 6) is 0.0566. The molecule has 1 saturated heterocycles. The van der Waals surface area contributed by atoms with E-state index in [-0.39, 0.29) is 36.7 Å². The topological polar surface area (TPSA) is 24.5 Å². The van der Waals surface area contributed by atoms with Gasteiger partial charge in [0.05, 0.1) is 13.2 Å². The minimum atomic E-state index is -0.253. The van der Waals surface area contributed by atoms with Crippen LogP contribution in [0, 0.1) is 5.82 Å². The molecule has 0 aliphatic carbocycles. The lowest BCUT2D eigenvalue weighted by Crippen LogP contribution is -2.45. The molecular weight excluding hydrogens is 358 g/mol. The molecular formula is C16H21Cl2FN2OS. The van der Waals surface area contributed by atoms with Crippen LogP contribution in [-0.4, -0.2) is 38.2 Å². The Morgan fingerprint density at radius 1 is 1.17 bits per heavy atom. The Labute approximate surface area is 152 Å². The number of hydrogen-bond donors (Lipinski definition) is 1. The molecule has 1 atom stereocenters. The van der Waals surface area contributed by atoms with E-state index in [1.807, 2.05) is 23.6 Å². The average Bonchev–Trinajstić information content (AvgIpc) is 3.04. The second kappa shape index (κ2) is 9.45. The fourth-order valence-electron chi connectivity index (χ4n) is 2.81. The van der Waals surface area contributed by atoms with E-state index in [4.69, 9.17) is 4.74 Å². The Kier molecular flexibility index (Phi) is 8.29. The maximum Gasteiger partial charge on any atom is 0.170 e. The van der Waals surface area contributed by atoms with E-state index >= 15 is 0 Å². The number of hydrogen-bond acceptors (Lipinski definition) is 4. The molecule has 0 spiro atoms. The molecule has 1 N–H and O–H groups in total. The van der Waals surface area contributed by atoms with Gasteiger partial charge in [0.25, 0.3) is 0 Å². The number of ether oxygens (including phenoxy) is 1. The number of benzene rings is 1. The Morgan fingerprint density at radius 2 is 1.91 bits per heavy atom. The average molecular weight is 379 g/mol. The van der Waals surface area contributed by atoms with Gasteiger partial charge in [0.1, 0.15) is 0 Å². The molecule has 23 heavy (non-hydrogen) atoms. The molecule has 2 aromatic rings. The summed E-state index contributed by atoms with van der Waals surface area (Å²) in [6.45, 7) is 3.71. The predicted octanol–water partition coefficient (Wildman–Crippen LogP) is 3.73. The van der Waals surface area contributed by atoms with Crippen molar-refractivity contribution in [3.63, 3.8) is 0 Å². The van der Waals surface area contributed by atoms with Gasteiger partial charge < -0.3 is 10.1 Å². The summed E-state index contributed by atoms with van der Waals surface area (Å²) in [6.07, 6.45) is 0. The van der Waals surface area contributed by atoms with Crippen molar-refractivity contribution in [3.05, 3.63) is 52.0 Å². The van der Waals surface area contributed by atoms with Gasteiger partial charge >= 0.3 is 0 Å². The first-order valence-corrected chi connectivity index (χ1v) is 8.00. The maximum absolute atomic E-state index is 14.7. The first-order valence-electron chi connectivity index (χ1n) is 7.12. The number of halogens is 3. The first kappa shape index (κ1) is 20.2. The zero-order chi connectivity index (χ0) is 14.7. The van der Waals surface area contributed by atoms with Gasteiger partial charge in [-0.15, -0.1) is 36.2 Å². The third-order valence-electron chi connectivity index (χ3n) is 3.84. The molecule has 0 saturated carbocycles. The van der Waals surface area contributed by atoms with Crippen molar-refractivity contribution in [2.45, 2.75) is 6.04 Å². The summed E-state index contributed by atoms with van der Waals surface area (Å²) in [4.78, 5) is 3.50. The van der Waals surface area contributed by atoms with Gasteiger partial charge in [0.15, 0.2) is 11.6 Å². The monoisotopic (exact) mass is 378 g/mol. The van der Waals surface area contributed by atoms with Gasteiger partial charge in [-0.05, 0) is 17.5 Å². The number of piperazine rings is 1.